The summed E-state index contributed by atoms with van der Waals surface area (Å²) in [5.74, 6) is -1.22. The van der Waals surface area contributed by atoms with Crippen LogP contribution in [0.25, 0.3) is 10.4 Å². The summed E-state index contributed by atoms with van der Waals surface area (Å²) in [6.07, 6.45) is 1.75. The molecule has 2 atom stereocenters. The van der Waals surface area contributed by atoms with Gasteiger partial charge in [0.25, 0.3) is 8.32 Å². The number of hydrogen-bond acceptors (Lipinski definition) is 15. The summed E-state index contributed by atoms with van der Waals surface area (Å²) in [6, 6.07) is 64.2. The van der Waals surface area contributed by atoms with E-state index in [2.05, 4.69) is 186 Å². The Morgan fingerprint density at radius 2 is 0.911 bits per heavy atom. The molecule has 0 aliphatic carbocycles. The molecule has 542 valence electrons. The van der Waals surface area contributed by atoms with E-state index in [4.69, 9.17) is 52.6 Å². The van der Waals surface area contributed by atoms with Gasteiger partial charge >= 0.3 is 0 Å². The minimum Gasteiger partial charge on any atom is -0.403 e. The number of nitrogens with zero attached hydrogens (tertiary/aromatic N) is 3. The molecule has 20 nitrogen and oxygen atoms in total. The maximum Gasteiger partial charge on any atom is 0.261 e. The summed E-state index contributed by atoms with van der Waals surface area (Å²) in [5, 5.41) is 18.8. The molecule has 0 spiro atoms. The monoisotopic (exact) mass is 1400 g/mol. The molecule has 0 saturated heterocycles. The Balaban J connectivity index is 0.895. The van der Waals surface area contributed by atoms with Gasteiger partial charge in [-0.2, -0.15) is 0 Å². The fourth-order valence-corrected chi connectivity index (χ4v) is 16.4. The molecule has 0 radical (unpaired) electrons. The lowest BCUT2D eigenvalue weighted by Crippen LogP contribution is -2.66. The maximum absolute atomic E-state index is 14.9. The first kappa shape index (κ1) is 80.3. The van der Waals surface area contributed by atoms with Crippen LogP contribution in [-0.4, -0.2) is 170 Å². The first-order valence-electron chi connectivity index (χ1n) is 35.3. The maximum atomic E-state index is 14.9. The Kier molecular flexibility index (Phi) is 36.4. The van der Waals surface area contributed by atoms with E-state index < -0.39 is 31.8 Å². The van der Waals surface area contributed by atoms with Crippen molar-refractivity contribution in [2.24, 2.45) is 5.11 Å². The zero-order valence-electron chi connectivity index (χ0n) is 59.7. The summed E-state index contributed by atoms with van der Waals surface area (Å²) >= 11 is 0. The molecule has 0 heterocycles. The second kappa shape index (κ2) is 45.8. The van der Waals surface area contributed by atoms with Crippen molar-refractivity contribution >= 4 is 42.1 Å². The summed E-state index contributed by atoms with van der Waals surface area (Å²) in [5.41, 5.74) is 15.3. The van der Waals surface area contributed by atoms with Gasteiger partial charge in [-0.3, -0.25) is 19.7 Å². The molecule has 101 heavy (non-hydrogen) atoms. The smallest absolute Gasteiger partial charge is 0.261 e. The molecule has 21 heteroatoms. The van der Waals surface area contributed by atoms with Gasteiger partial charge in [0.15, 0.2) is 0 Å². The zero-order valence-corrected chi connectivity index (χ0v) is 60.7. The number of ether oxygens (including phenoxy) is 9. The molecule has 7 rings (SSSR count). The van der Waals surface area contributed by atoms with Gasteiger partial charge in [-0.25, -0.2) is 0 Å². The third-order valence-corrected chi connectivity index (χ3v) is 22.0. The van der Waals surface area contributed by atoms with Gasteiger partial charge in [0.1, 0.15) is 12.1 Å². The van der Waals surface area contributed by atoms with Crippen molar-refractivity contribution < 1.29 is 61.4 Å². The molecule has 0 aliphatic heterocycles. The second-order valence-electron chi connectivity index (χ2n) is 25.4. The van der Waals surface area contributed by atoms with E-state index >= 15 is 0 Å². The Morgan fingerprint density at radius 3 is 1.37 bits per heavy atom. The van der Waals surface area contributed by atoms with Gasteiger partial charge in [-0.15, -0.1) is 0 Å². The third kappa shape index (κ3) is 27.4. The van der Waals surface area contributed by atoms with E-state index in [0.29, 0.717) is 150 Å². The first-order valence-corrected chi connectivity index (χ1v) is 37.2. The van der Waals surface area contributed by atoms with E-state index in [1.54, 1.807) is 0 Å². The zero-order chi connectivity index (χ0) is 71.5. The highest BCUT2D eigenvalue weighted by molar-refractivity contribution is 6.99. The van der Waals surface area contributed by atoms with Crippen molar-refractivity contribution in [1.29, 1.82) is 0 Å². The van der Waals surface area contributed by atoms with Crippen molar-refractivity contribution in [3.8, 4) is 0 Å². The minimum atomic E-state index is -2.85. The van der Waals surface area contributed by atoms with E-state index in [-0.39, 0.29) is 42.9 Å². The number of rotatable bonds is 51. The third-order valence-electron chi connectivity index (χ3n) is 17.0. The van der Waals surface area contributed by atoms with Crippen LogP contribution in [0.15, 0.2) is 199 Å². The second-order valence-corrected chi connectivity index (χ2v) is 29.8. The van der Waals surface area contributed by atoms with Crippen LogP contribution in [0, 0.1) is 13.8 Å². The van der Waals surface area contributed by atoms with E-state index in [1.165, 1.54) is 10.4 Å². The Bertz CT molecular complexity index is 3400. The highest BCUT2D eigenvalue weighted by atomic mass is 28.4. The van der Waals surface area contributed by atoms with Crippen LogP contribution in [-0.2, 0) is 80.0 Å². The summed E-state index contributed by atoms with van der Waals surface area (Å²) in [6.45, 7) is 19.2. The van der Waals surface area contributed by atoms with Crippen LogP contribution in [0.2, 0.25) is 5.04 Å². The van der Waals surface area contributed by atoms with Crippen LogP contribution < -0.4 is 31.6 Å². The Hall–Kier alpha value is -7.96. The topological polar surface area (TPSA) is 240 Å². The lowest BCUT2D eigenvalue weighted by Gasteiger charge is -2.43. The average Bonchev–Trinajstić information content (AvgIpc) is 0.755. The lowest BCUT2D eigenvalue weighted by atomic mass is 9.76. The van der Waals surface area contributed by atoms with Gasteiger partial charge in [-0.05, 0) is 100 Å². The standard InChI is InChI=1S/C80H105N7O13Si/c1-64-34-37-70(38-35-64)80(68-25-13-7-14-26-68,69-27-15-8-16-28-69)82-41-22-21-33-74(77(89)85-73-39-36-67(61-65(73)2)63-100-101(79(3,4)5,71-29-17-9-18-30-71)72-31-19-10-20-32-72)86-78(90)75(62-66-23-11-6-12-24-66)84-76(88)40-43-91-45-47-93-49-51-95-53-55-97-57-59-99-60-58-98-56-54-96-52-50-94-48-46-92-44-42-83-87-81/h6-20,23-32,34-39,61,74-75,82H,21-22,33,40-60,62-63H2,1-5H3,(H,84,88)(H,85,89)(H,86,90)/t74-,75-/m0/s1. The van der Waals surface area contributed by atoms with E-state index in [1.807, 2.05) is 73.7 Å². The quantitative estimate of drug-likeness (QED) is 0.00693. The minimum absolute atomic E-state index is 0.00113. The van der Waals surface area contributed by atoms with Crippen LogP contribution in [0.1, 0.15) is 85.4 Å². The number of carbonyl (C=O) groups is 3. The molecule has 7 aromatic carbocycles. The fourth-order valence-electron chi connectivity index (χ4n) is 11.9. The number of azide groups is 1. The number of amides is 3. The van der Waals surface area contributed by atoms with Crippen molar-refractivity contribution in [2.75, 3.05) is 137 Å². The molecular weight excluding hydrogens is 1300 g/mol. The fraction of sp³-hybridized carbons (Fsp3) is 0.438. The van der Waals surface area contributed by atoms with Crippen molar-refractivity contribution in [1.82, 2.24) is 16.0 Å². The molecule has 0 bridgehead atoms. The van der Waals surface area contributed by atoms with Crippen molar-refractivity contribution in [3.63, 3.8) is 0 Å². The average molecular weight is 1400 g/mol. The van der Waals surface area contributed by atoms with Crippen LogP contribution in [0.5, 0.6) is 0 Å². The summed E-state index contributed by atoms with van der Waals surface area (Å²) in [4.78, 5) is 46.1. The van der Waals surface area contributed by atoms with Crippen molar-refractivity contribution in [2.45, 2.75) is 96.0 Å². The number of nitrogens with one attached hydrogen (secondary N) is 4. The molecule has 0 fully saturated rings. The van der Waals surface area contributed by atoms with Gasteiger partial charge < -0.3 is 63.0 Å². The largest absolute Gasteiger partial charge is 0.403 e. The summed E-state index contributed by atoms with van der Waals surface area (Å²) < 4.78 is 57.2. The molecule has 7 aromatic rings. The van der Waals surface area contributed by atoms with Crippen LogP contribution >= 0.6 is 0 Å². The van der Waals surface area contributed by atoms with Gasteiger partial charge in [-0.1, -0.05) is 220 Å². The highest BCUT2D eigenvalue weighted by Gasteiger charge is 2.50. The number of unbranched alkanes of at least 4 members (excludes halogenated alkanes) is 1. The lowest BCUT2D eigenvalue weighted by molar-refractivity contribution is -0.131. The van der Waals surface area contributed by atoms with Gasteiger partial charge in [0, 0.05) is 30.0 Å². The number of aryl methyl sites for hydroxylation is 2. The normalized spacial score (nSPS) is 12.3. The predicted octanol–water partition coefficient (Wildman–Crippen LogP) is 11.1. The van der Waals surface area contributed by atoms with Crippen LogP contribution in [0.4, 0.5) is 5.69 Å². The van der Waals surface area contributed by atoms with E-state index in [9.17, 15) is 14.4 Å². The number of carbonyl (C=O) groups excluding carboxylic acids is 3. The summed E-state index contributed by atoms with van der Waals surface area (Å²) in [7, 11) is -2.85. The molecule has 0 aliphatic rings. The number of benzene rings is 7. The molecule has 3 amide bonds. The van der Waals surface area contributed by atoms with Crippen LogP contribution in [0.3, 0.4) is 0 Å². The van der Waals surface area contributed by atoms with E-state index in [0.717, 1.165) is 38.9 Å². The SMILES string of the molecule is Cc1ccc(C(NCCCC[C@H](NC(=O)[C@H](Cc2ccccc2)NC(=O)CCOCCOCCOCCOCCOCCOCCOCCOCCOCCN=[N+]=[N-])C(=O)Nc2ccc(CO[Si](c3ccccc3)(c3ccccc3)C(C)(C)C)cc2C)(c2ccccc2)c2ccccc2)cc1. The van der Waals surface area contributed by atoms with Crippen molar-refractivity contribution in [3.05, 3.63) is 244 Å². The molecule has 4 N–H and O–H groups in total. The number of hydrogen-bond donors (Lipinski definition) is 4. The molecule has 0 aromatic heterocycles. The molecule has 0 saturated carbocycles. The molecular formula is C80H105N7O13Si. The van der Waals surface area contributed by atoms with Gasteiger partial charge in [0.2, 0.25) is 17.7 Å². The molecule has 0 unspecified atom stereocenters. The van der Waals surface area contributed by atoms with Gasteiger partial charge in [0.05, 0.1) is 131 Å². The first-order chi connectivity index (χ1) is 49.3. The number of anilines is 1. The Labute approximate surface area is 598 Å². The highest BCUT2D eigenvalue weighted by Crippen LogP contribution is 2.39. The Morgan fingerprint density at radius 1 is 0.475 bits per heavy atom. The predicted molar refractivity (Wildman–Crippen MR) is 398 cm³/mol.